The Morgan fingerprint density at radius 2 is 1.67 bits per heavy atom. The standard InChI is InChI=1S/C6H15NS.Au/c1-3-7(4-2)5-6-8;/h8H,3-6H2,1-2H3;/q;+1/p-1. The minimum atomic E-state index is 0. The van der Waals surface area contributed by atoms with Gasteiger partial charge in [-0.3, -0.25) is 0 Å². The molecule has 0 aliphatic rings. The third kappa shape index (κ3) is 6.94. The molecule has 0 aliphatic heterocycles. The first-order chi connectivity index (χ1) is 3.85. The Labute approximate surface area is 79.1 Å². The van der Waals surface area contributed by atoms with E-state index in [-0.39, 0.29) is 22.4 Å². The molecular weight excluding hydrogens is 315 g/mol. The first kappa shape index (κ1) is 12.7. The van der Waals surface area contributed by atoms with Gasteiger partial charge in [0.15, 0.2) is 0 Å². The molecule has 0 aliphatic carbocycles. The fraction of sp³-hybridized carbons (Fsp3) is 1.00. The van der Waals surface area contributed by atoms with Gasteiger partial charge in [-0.25, -0.2) is 0 Å². The molecule has 0 unspecified atom stereocenters. The van der Waals surface area contributed by atoms with Crippen molar-refractivity contribution in [2.45, 2.75) is 13.8 Å². The van der Waals surface area contributed by atoms with Gasteiger partial charge in [0, 0.05) is 0 Å². The fourth-order valence-electron chi connectivity index (χ4n) is 0.669. The van der Waals surface area contributed by atoms with E-state index in [9.17, 15) is 0 Å². The van der Waals surface area contributed by atoms with Crippen LogP contribution in [-0.2, 0) is 35.0 Å². The van der Waals surface area contributed by atoms with Crippen molar-refractivity contribution >= 4 is 12.6 Å². The van der Waals surface area contributed by atoms with Crippen LogP contribution in [0, 0.1) is 0 Å². The van der Waals surface area contributed by atoms with E-state index >= 15 is 0 Å². The van der Waals surface area contributed by atoms with Crippen LogP contribution in [0.1, 0.15) is 13.8 Å². The van der Waals surface area contributed by atoms with Crippen LogP contribution in [0.15, 0.2) is 0 Å². The van der Waals surface area contributed by atoms with Crippen LogP contribution in [-0.4, -0.2) is 30.3 Å². The van der Waals surface area contributed by atoms with Crippen LogP contribution >= 0.6 is 0 Å². The van der Waals surface area contributed by atoms with Crippen molar-refractivity contribution in [3.8, 4) is 0 Å². The van der Waals surface area contributed by atoms with Gasteiger partial charge in [-0.2, -0.15) is 5.75 Å². The van der Waals surface area contributed by atoms with Crippen molar-refractivity contribution in [3.05, 3.63) is 0 Å². The minimum Gasteiger partial charge on any atom is -0.791 e. The van der Waals surface area contributed by atoms with Crippen molar-refractivity contribution in [1.29, 1.82) is 0 Å². The van der Waals surface area contributed by atoms with Gasteiger partial charge < -0.3 is 17.5 Å². The van der Waals surface area contributed by atoms with Crippen molar-refractivity contribution in [2.24, 2.45) is 0 Å². The predicted octanol–water partition coefficient (Wildman–Crippen LogP) is 0.873. The molecule has 0 bridgehead atoms. The summed E-state index contributed by atoms with van der Waals surface area (Å²) in [5.41, 5.74) is 0. The molecule has 0 aromatic heterocycles. The molecule has 0 amide bonds. The zero-order valence-electron chi connectivity index (χ0n) is 5.99. The van der Waals surface area contributed by atoms with Crippen LogP contribution in [0.5, 0.6) is 0 Å². The second kappa shape index (κ2) is 9.05. The normalized spacial score (nSPS) is 9.33. The Morgan fingerprint density at radius 1 is 1.22 bits per heavy atom. The Hall–Kier alpha value is 1.05. The molecule has 1 nitrogen and oxygen atoms in total. The van der Waals surface area contributed by atoms with Crippen LogP contribution in [0.3, 0.4) is 0 Å². The predicted molar refractivity (Wildman–Crippen MR) is 40.0 cm³/mol. The average molecular weight is 329 g/mol. The summed E-state index contributed by atoms with van der Waals surface area (Å²) < 4.78 is 0. The van der Waals surface area contributed by atoms with Crippen molar-refractivity contribution in [2.75, 3.05) is 25.4 Å². The topological polar surface area (TPSA) is 3.24 Å². The Morgan fingerprint density at radius 3 is 1.78 bits per heavy atom. The van der Waals surface area contributed by atoms with E-state index in [2.05, 4.69) is 18.7 Å². The van der Waals surface area contributed by atoms with Gasteiger partial charge in [-0.15, -0.1) is 0 Å². The summed E-state index contributed by atoms with van der Waals surface area (Å²) in [7, 11) is 0. The Bertz CT molecular complexity index is 48.3. The molecule has 0 radical (unpaired) electrons. The summed E-state index contributed by atoms with van der Waals surface area (Å²) in [5, 5.41) is 0. The monoisotopic (exact) mass is 329 g/mol. The van der Waals surface area contributed by atoms with Crippen LogP contribution in [0.2, 0.25) is 0 Å². The first-order valence-electron chi connectivity index (χ1n) is 3.15. The van der Waals surface area contributed by atoms with Gasteiger partial charge in [0.25, 0.3) is 0 Å². The molecule has 0 aromatic carbocycles. The number of rotatable bonds is 4. The maximum Gasteiger partial charge on any atom is 1.00 e. The molecule has 3 heteroatoms. The third-order valence-corrected chi connectivity index (χ3v) is 1.48. The molecule has 60 valence electrons. The second-order valence-corrected chi connectivity index (χ2v) is 2.14. The van der Waals surface area contributed by atoms with Crippen LogP contribution < -0.4 is 0 Å². The van der Waals surface area contributed by atoms with E-state index in [1.165, 1.54) is 0 Å². The van der Waals surface area contributed by atoms with Gasteiger partial charge in [-0.1, -0.05) is 13.8 Å². The molecule has 9 heavy (non-hydrogen) atoms. The molecule has 0 rings (SSSR count). The zero-order valence-corrected chi connectivity index (χ0v) is 8.97. The molecule has 0 saturated carbocycles. The van der Waals surface area contributed by atoms with E-state index < -0.39 is 0 Å². The zero-order chi connectivity index (χ0) is 6.41. The van der Waals surface area contributed by atoms with Crippen LogP contribution in [0.25, 0.3) is 0 Å². The minimum absolute atomic E-state index is 0. The Balaban J connectivity index is 0. The van der Waals surface area contributed by atoms with E-state index in [4.69, 9.17) is 12.6 Å². The van der Waals surface area contributed by atoms with E-state index in [0.29, 0.717) is 0 Å². The van der Waals surface area contributed by atoms with E-state index in [1.54, 1.807) is 0 Å². The summed E-state index contributed by atoms with van der Waals surface area (Å²) in [6.45, 7) is 7.66. The molecular formula is C6H14AuNS. The Kier molecular flexibility index (Phi) is 12.8. The summed E-state index contributed by atoms with van der Waals surface area (Å²) in [5.74, 6) is 0.863. The number of nitrogens with zero attached hydrogens (tertiary/aromatic N) is 1. The quantitative estimate of drug-likeness (QED) is 0.556. The maximum atomic E-state index is 4.82. The summed E-state index contributed by atoms with van der Waals surface area (Å²) >= 11 is 4.82. The summed E-state index contributed by atoms with van der Waals surface area (Å²) in [4.78, 5) is 2.33. The van der Waals surface area contributed by atoms with Gasteiger partial charge in [0.05, 0.1) is 0 Å². The largest absolute Gasteiger partial charge is 1.00 e. The van der Waals surface area contributed by atoms with E-state index in [1.807, 2.05) is 0 Å². The summed E-state index contributed by atoms with van der Waals surface area (Å²) in [6.07, 6.45) is 0. The molecule has 0 fully saturated rings. The average Bonchev–Trinajstić information content (AvgIpc) is 1.83. The smallest absolute Gasteiger partial charge is 0.791 e. The number of hydrogen-bond donors (Lipinski definition) is 0. The van der Waals surface area contributed by atoms with Crippen molar-refractivity contribution < 1.29 is 22.4 Å². The first-order valence-corrected chi connectivity index (χ1v) is 3.73. The summed E-state index contributed by atoms with van der Waals surface area (Å²) in [6, 6.07) is 0. The van der Waals surface area contributed by atoms with Gasteiger partial charge in [0.1, 0.15) is 0 Å². The molecule has 0 saturated heterocycles. The molecule has 0 atom stereocenters. The molecule has 0 N–H and O–H groups in total. The maximum absolute atomic E-state index is 4.82. The SMILES string of the molecule is CCN(CC)CC[S-].[Au+]. The van der Waals surface area contributed by atoms with Gasteiger partial charge in [0.2, 0.25) is 0 Å². The van der Waals surface area contributed by atoms with E-state index in [0.717, 1.165) is 25.4 Å². The molecule has 0 heterocycles. The number of hydrogen-bond acceptors (Lipinski definition) is 2. The second-order valence-electron chi connectivity index (χ2n) is 1.73. The van der Waals surface area contributed by atoms with Crippen LogP contribution in [0.4, 0.5) is 0 Å². The van der Waals surface area contributed by atoms with Gasteiger partial charge >= 0.3 is 22.4 Å². The molecule has 0 spiro atoms. The fourth-order valence-corrected chi connectivity index (χ4v) is 0.927. The third-order valence-electron chi connectivity index (χ3n) is 1.30. The van der Waals surface area contributed by atoms with Crippen molar-refractivity contribution in [3.63, 3.8) is 0 Å². The van der Waals surface area contributed by atoms with Crippen molar-refractivity contribution in [1.82, 2.24) is 4.90 Å². The van der Waals surface area contributed by atoms with Gasteiger partial charge in [-0.05, 0) is 19.6 Å². The molecule has 0 aromatic rings.